The van der Waals surface area contributed by atoms with E-state index in [9.17, 15) is 14.4 Å². The van der Waals surface area contributed by atoms with E-state index in [1.54, 1.807) is 43.3 Å². The molecule has 1 amide bonds. The molecule has 0 fully saturated rings. The zero-order valence-corrected chi connectivity index (χ0v) is 17.9. The minimum atomic E-state index is -0.541. The van der Waals surface area contributed by atoms with E-state index in [1.807, 2.05) is 30.3 Å². The van der Waals surface area contributed by atoms with Crippen LogP contribution in [-0.4, -0.2) is 37.9 Å². The molecule has 0 aliphatic carbocycles. The first-order valence-corrected chi connectivity index (χ1v) is 10.6. The molecule has 0 unspecified atom stereocenters. The largest absolute Gasteiger partial charge is 0.462 e. The average Bonchev–Trinajstić information content (AvgIpc) is 3.09. The molecule has 0 atom stereocenters. The number of carbonyl (C=O) groups is 2. The number of ether oxygens (including phenoxy) is 1. The number of esters is 1. The number of carbonyl (C=O) groups excluding carboxylic acids is 2. The van der Waals surface area contributed by atoms with Crippen molar-refractivity contribution in [3.05, 3.63) is 82.8 Å². The number of nitrogens with zero attached hydrogens (tertiary/aromatic N) is 4. The van der Waals surface area contributed by atoms with Gasteiger partial charge in [0.15, 0.2) is 5.65 Å². The Labute approximate surface area is 187 Å². The molecule has 0 saturated carbocycles. The average molecular weight is 449 g/mol. The molecule has 2 heterocycles. The lowest BCUT2D eigenvalue weighted by Crippen LogP contribution is -2.29. The van der Waals surface area contributed by atoms with Crippen molar-refractivity contribution in [2.75, 3.05) is 11.9 Å². The maximum absolute atomic E-state index is 12.7. The molecule has 2 aromatic heterocycles. The number of anilines is 1. The Bertz CT molecular complexity index is 1330. The third-order valence-corrected chi connectivity index (χ3v) is 5.31. The van der Waals surface area contributed by atoms with Gasteiger partial charge in [-0.05, 0) is 43.3 Å². The van der Waals surface area contributed by atoms with E-state index in [0.29, 0.717) is 16.4 Å². The minimum absolute atomic E-state index is 0.218. The fourth-order valence-electron chi connectivity index (χ4n) is 2.96. The van der Waals surface area contributed by atoms with Gasteiger partial charge in [-0.2, -0.15) is 9.61 Å². The Balaban J connectivity index is 1.52. The normalized spacial score (nSPS) is 10.8. The summed E-state index contributed by atoms with van der Waals surface area (Å²) < 4.78 is 7.20. The van der Waals surface area contributed by atoms with Gasteiger partial charge in [-0.25, -0.2) is 14.3 Å². The molecule has 0 spiro atoms. The molecular formula is C22H19N5O4S. The number of hydrogen-bond acceptors (Lipinski definition) is 7. The van der Waals surface area contributed by atoms with Crippen molar-refractivity contribution in [2.45, 2.75) is 23.4 Å². The molecular weight excluding hydrogens is 430 g/mol. The van der Waals surface area contributed by atoms with Crippen LogP contribution in [-0.2, 0) is 16.1 Å². The van der Waals surface area contributed by atoms with Crippen LogP contribution >= 0.6 is 11.8 Å². The first-order valence-electron chi connectivity index (χ1n) is 9.81. The van der Waals surface area contributed by atoms with Crippen molar-refractivity contribution in [1.29, 1.82) is 0 Å². The lowest BCUT2D eigenvalue weighted by Gasteiger charge is -2.10. The number of rotatable bonds is 7. The summed E-state index contributed by atoms with van der Waals surface area (Å²) in [6, 6.07) is 19.6. The molecule has 0 saturated heterocycles. The van der Waals surface area contributed by atoms with Crippen molar-refractivity contribution in [3.8, 4) is 0 Å². The summed E-state index contributed by atoms with van der Waals surface area (Å²) in [6.07, 6.45) is 0. The van der Waals surface area contributed by atoms with E-state index in [-0.39, 0.29) is 18.7 Å². The highest BCUT2D eigenvalue weighted by atomic mass is 32.2. The molecule has 162 valence electrons. The monoisotopic (exact) mass is 449 g/mol. The summed E-state index contributed by atoms with van der Waals surface area (Å²) >= 11 is 1.41. The summed E-state index contributed by atoms with van der Waals surface area (Å²) in [6.45, 7) is 1.59. The molecule has 32 heavy (non-hydrogen) atoms. The van der Waals surface area contributed by atoms with Gasteiger partial charge in [0.1, 0.15) is 11.6 Å². The standard InChI is InChI=1S/C22H19N5O4S/c1-2-31-21(29)16-10-6-7-11-17(16)23-19(28)14-26-22(30)27-18(24-26)12-13-20(25-27)32-15-8-4-3-5-9-15/h3-13H,2,14H2,1H3,(H,23,28). The number of amides is 1. The van der Waals surface area contributed by atoms with E-state index in [0.717, 1.165) is 14.1 Å². The molecule has 0 aliphatic rings. The third kappa shape index (κ3) is 4.70. The molecule has 0 bridgehead atoms. The second-order valence-corrected chi connectivity index (χ2v) is 7.70. The zero-order valence-electron chi connectivity index (χ0n) is 17.1. The maximum Gasteiger partial charge on any atom is 0.367 e. The van der Waals surface area contributed by atoms with Gasteiger partial charge in [-0.15, -0.1) is 5.10 Å². The Morgan fingerprint density at radius 3 is 2.53 bits per heavy atom. The predicted octanol–water partition coefficient (Wildman–Crippen LogP) is 2.86. The number of nitrogens with one attached hydrogen (secondary N) is 1. The first-order chi connectivity index (χ1) is 15.5. The van der Waals surface area contributed by atoms with Crippen molar-refractivity contribution >= 4 is 35.0 Å². The molecule has 4 rings (SSSR count). The van der Waals surface area contributed by atoms with Gasteiger partial charge >= 0.3 is 11.7 Å². The van der Waals surface area contributed by atoms with Crippen LogP contribution in [0.2, 0.25) is 0 Å². The van der Waals surface area contributed by atoms with Crippen LogP contribution in [0.1, 0.15) is 17.3 Å². The van der Waals surface area contributed by atoms with Gasteiger partial charge in [0.2, 0.25) is 5.91 Å². The SMILES string of the molecule is CCOC(=O)c1ccccc1NC(=O)Cn1nc2ccc(Sc3ccccc3)nn2c1=O. The van der Waals surface area contributed by atoms with E-state index >= 15 is 0 Å². The van der Waals surface area contributed by atoms with Crippen molar-refractivity contribution in [1.82, 2.24) is 19.4 Å². The summed E-state index contributed by atoms with van der Waals surface area (Å²) in [5.41, 5.74) is 0.318. The topological polar surface area (TPSA) is 108 Å². The van der Waals surface area contributed by atoms with Crippen molar-refractivity contribution < 1.29 is 14.3 Å². The fraction of sp³-hybridized carbons (Fsp3) is 0.136. The Morgan fingerprint density at radius 2 is 1.75 bits per heavy atom. The second-order valence-electron chi connectivity index (χ2n) is 6.61. The van der Waals surface area contributed by atoms with Crippen LogP contribution in [0.15, 0.2) is 81.4 Å². The maximum atomic E-state index is 12.7. The van der Waals surface area contributed by atoms with Gasteiger partial charge in [0.25, 0.3) is 0 Å². The first kappa shape index (κ1) is 21.3. The smallest absolute Gasteiger partial charge is 0.367 e. The quantitative estimate of drug-likeness (QED) is 0.432. The second kappa shape index (κ2) is 9.48. The molecule has 4 aromatic rings. The third-order valence-electron chi connectivity index (χ3n) is 4.37. The Kier molecular flexibility index (Phi) is 6.31. The van der Waals surface area contributed by atoms with Crippen LogP contribution in [0, 0.1) is 0 Å². The Hall–Kier alpha value is -3.92. The Morgan fingerprint density at radius 1 is 1.00 bits per heavy atom. The fourth-order valence-corrected chi connectivity index (χ4v) is 3.76. The van der Waals surface area contributed by atoms with Gasteiger partial charge < -0.3 is 10.1 Å². The van der Waals surface area contributed by atoms with E-state index < -0.39 is 17.6 Å². The van der Waals surface area contributed by atoms with Crippen LogP contribution < -0.4 is 11.0 Å². The lowest BCUT2D eigenvalue weighted by molar-refractivity contribution is -0.117. The lowest BCUT2D eigenvalue weighted by atomic mass is 10.2. The van der Waals surface area contributed by atoms with Gasteiger partial charge in [-0.1, -0.05) is 42.1 Å². The molecule has 0 aliphatic heterocycles. The van der Waals surface area contributed by atoms with Crippen molar-refractivity contribution in [3.63, 3.8) is 0 Å². The van der Waals surface area contributed by atoms with Gasteiger partial charge in [0.05, 0.1) is 17.9 Å². The van der Waals surface area contributed by atoms with Crippen LogP contribution in [0.4, 0.5) is 5.69 Å². The zero-order chi connectivity index (χ0) is 22.5. The summed E-state index contributed by atoms with van der Waals surface area (Å²) in [7, 11) is 0. The number of aromatic nitrogens is 4. The molecule has 0 radical (unpaired) electrons. The van der Waals surface area contributed by atoms with Crippen LogP contribution in [0.5, 0.6) is 0 Å². The number of para-hydroxylation sites is 1. The van der Waals surface area contributed by atoms with Crippen LogP contribution in [0.3, 0.4) is 0 Å². The minimum Gasteiger partial charge on any atom is -0.462 e. The van der Waals surface area contributed by atoms with E-state index in [1.165, 1.54) is 11.8 Å². The summed E-state index contributed by atoms with van der Waals surface area (Å²) in [5.74, 6) is -1.05. The van der Waals surface area contributed by atoms with Gasteiger partial charge in [-0.3, -0.25) is 4.79 Å². The predicted molar refractivity (Wildman–Crippen MR) is 119 cm³/mol. The number of hydrogen-bond donors (Lipinski definition) is 1. The molecule has 10 heteroatoms. The molecule has 9 nitrogen and oxygen atoms in total. The molecule has 2 aromatic carbocycles. The summed E-state index contributed by atoms with van der Waals surface area (Å²) in [5, 5.41) is 11.8. The summed E-state index contributed by atoms with van der Waals surface area (Å²) in [4.78, 5) is 38.3. The highest BCUT2D eigenvalue weighted by molar-refractivity contribution is 7.99. The number of benzene rings is 2. The number of fused-ring (bicyclic) bond motifs is 1. The van der Waals surface area contributed by atoms with Crippen LogP contribution in [0.25, 0.3) is 5.65 Å². The highest BCUT2D eigenvalue weighted by Crippen LogP contribution is 2.25. The van der Waals surface area contributed by atoms with E-state index in [2.05, 4.69) is 15.5 Å². The highest BCUT2D eigenvalue weighted by Gasteiger charge is 2.16. The van der Waals surface area contributed by atoms with E-state index in [4.69, 9.17) is 4.74 Å². The van der Waals surface area contributed by atoms with Crippen molar-refractivity contribution in [2.24, 2.45) is 0 Å². The molecule has 1 N–H and O–H groups in total. The van der Waals surface area contributed by atoms with Gasteiger partial charge in [0, 0.05) is 4.90 Å².